The first-order valence-corrected chi connectivity index (χ1v) is 3.30. The van der Waals surface area contributed by atoms with Crippen molar-refractivity contribution in [3.8, 4) is 0 Å². The van der Waals surface area contributed by atoms with E-state index in [0.717, 1.165) is 0 Å². The zero-order valence-electron chi connectivity index (χ0n) is 5.57. The predicted molar refractivity (Wildman–Crippen MR) is 37.9 cm³/mol. The summed E-state index contributed by atoms with van der Waals surface area (Å²) >= 11 is 5.16. The summed E-state index contributed by atoms with van der Waals surface area (Å²) in [6, 6.07) is 0.534. The predicted octanol–water partition coefficient (Wildman–Crippen LogP) is 1.93. The molecule has 0 atom stereocenters. The first-order chi connectivity index (χ1) is 5.41. The van der Waals surface area contributed by atoms with E-state index in [1.54, 1.807) is 0 Å². The third-order valence-corrected chi connectivity index (χ3v) is 1.41. The van der Waals surface area contributed by atoms with Crippen LogP contribution in [-0.4, -0.2) is 12.0 Å². The SMILES string of the molecule is Fc1cc(Cl)ncc1[B-](F)(F)F. The van der Waals surface area contributed by atoms with Gasteiger partial charge in [0.1, 0.15) is 11.0 Å². The van der Waals surface area contributed by atoms with Crippen molar-refractivity contribution < 1.29 is 17.3 Å². The fourth-order valence-corrected chi connectivity index (χ4v) is 0.803. The number of aromatic nitrogens is 1. The maximum Gasteiger partial charge on any atom is 0.514 e. The molecule has 1 aromatic heterocycles. The van der Waals surface area contributed by atoms with Gasteiger partial charge in [0.15, 0.2) is 0 Å². The number of rotatable bonds is 1. The third kappa shape index (κ3) is 1.88. The molecule has 0 spiro atoms. The van der Waals surface area contributed by atoms with E-state index in [1.807, 2.05) is 0 Å². The van der Waals surface area contributed by atoms with E-state index in [2.05, 4.69) is 4.98 Å². The Balaban J connectivity index is 3.19. The summed E-state index contributed by atoms with van der Waals surface area (Å²) in [7, 11) is 0. The van der Waals surface area contributed by atoms with Gasteiger partial charge in [-0.2, -0.15) is 0 Å². The summed E-state index contributed by atoms with van der Waals surface area (Å²) in [5.74, 6) is -1.39. The Hall–Kier alpha value is -0.775. The first kappa shape index (κ1) is 9.31. The molecular formula is C5H2BClF4N-. The molecule has 1 heterocycles. The molecule has 1 nitrogen and oxygen atoms in total. The highest BCUT2D eigenvalue weighted by Crippen LogP contribution is 2.12. The number of hydrogen-bond donors (Lipinski definition) is 0. The van der Waals surface area contributed by atoms with Crippen LogP contribution in [0.5, 0.6) is 0 Å². The largest absolute Gasteiger partial charge is 0.514 e. The number of hydrogen-bond acceptors (Lipinski definition) is 1. The smallest absolute Gasteiger partial charge is 0.445 e. The lowest BCUT2D eigenvalue weighted by Crippen LogP contribution is -2.37. The van der Waals surface area contributed by atoms with Crippen LogP contribution in [0.15, 0.2) is 12.3 Å². The van der Waals surface area contributed by atoms with Gasteiger partial charge in [0.25, 0.3) is 0 Å². The van der Waals surface area contributed by atoms with Crippen molar-refractivity contribution in [3.63, 3.8) is 0 Å². The Morgan fingerprint density at radius 2 is 1.92 bits per heavy atom. The molecule has 0 saturated heterocycles. The van der Waals surface area contributed by atoms with Crippen LogP contribution in [0, 0.1) is 5.82 Å². The van der Waals surface area contributed by atoms with Crippen LogP contribution >= 0.6 is 11.6 Å². The summed E-state index contributed by atoms with van der Waals surface area (Å²) < 4.78 is 48.3. The molecule has 1 aromatic rings. The van der Waals surface area contributed by atoms with Crippen LogP contribution in [0.4, 0.5) is 17.3 Å². The van der Waals surface area contributed by atoms with Gasteiger partial charge in [0.05, 0.1) is 0 Å². The standard InChI is InChI=1S/C5H2BClF4N/c7-5-1-4(8)3(2-12-5)6(9,10)11/h1-2H/q-1. The lowest BCUT2D eigenvalue weighted by Gasteiger charge is -2.14. The van der Waals surface area contributed by atoms with Crippen molar-refractivity contribution >= 4 is 24.0 Å². The van der Waals surface area contributed by atoms with Crippen molar-refractivity contribution in [1.29, 1.82) is 0 Å². The Morgan fingerprint density at radius 1 is 1.33 bits per heavy atom. The van der Waals surface area contributed by atoms with Crippen molar-refractivity contribution in [3.05, 3.63) is 23.2 Å². The summed E-state index contributed by atoms with van der Waals surface area (Å²) in [5.41, 5.74) is -1.35. The second-order valence-electron chi connectivity index (χ2n) is 2.10. The minimum absolute atomic E-state index is 0.295. The van der Waals surface area contributed by atoms with Crippen LogP contribution in [0.2, 0.25) is 5.15 Å². The lowest BCUT2D eigenvalue weighted by atomic mass is 9.81. The van der Waals surface area contributed by atoms with E-state index in [-0.39, 0.29) is 5.15 Å². The molecule has 0 aromatic carbocycles. The average molecular weight is 198 g/mol. The molecule has 0 bridgehead atoms. The Labute approximate surface area is 70.4 Å². The Morgan fingerprint density at radius 3 is 2.33 bits per heavy atom. The highest BCUT2D eigenvalue weighted by atomic mass is 35.5. The molecule has 1 rings (SSSR count). The monoisotopic (exact) mass is 198 g/mol. The average Bonchev–Trinajstić information content (AvgIpc) is 1.83. The maximum absolute atomic E-state index is 12.5. The molecule has 0 amide bonds. The minimum atomic E-state index is -5.34. The minimum Gasteiger partial charge on any atom is -0.445 e. The number of nitrogens with zero attached hydrogens (tertiary/aromatic N) is 1. The molecule has 12 heavy (non-hydrogen) atoms. The third-order valence-electron chi connectivity index (χ3n) is 1.20. The first-order valence-electron chi connectivity index (χ1n) is 2.92. The van der Waals surface area contributed by atoms with Crippen molar-refractivity contribution in [1.82, 2.24) is 4.98 Å². The van der Waals surface area contributed by atoms with Crippen molar-refractivity contribution in [2.24, 2.45) is 0 Å². The molecule has 0 saturated carbocycles. The van der Waals surface area contributed by atoms with Crippen LogP contribution in [0.1, 0.15) is 0 Å². The van der Waals surface area contributed by atoms with Gasteiger partial charge in [-0.15, -0.1) is 0 Å². The highest BCUT2D eigenvalue weighted by molar-refractivity contribution is 6.73. The fourth-order valence-electron chi connectivity index (χ4n) is 0.659. The topological polar surface area (TPSA) is 12.9 Å². The van der Waals surface area contributed by atoms with Gasteiger partial charge in [-0.3, -0.25) is 0 Å². The Bertz CT molecular complexity index is 300. The van der Waals surface area contributed by atoms with Gasteiger partial charge in [-0.05, 0) is 0 Å². The maximum atomic E-state index is 12.5. The normalized spacial score (nSPS) is 11.8. The van der Waals surface area contributed by atoms with E-state index < -0.39 is 18.3 Å². The zero-order chi connectivity index (χ0) is 9.35. The molecule has 0 N–H and O–H groups in total. The van der Waals surface area contributed by atoms with Gasteiger partial charge >= 0.3 is 6.98 Å². The van der Waals surface area contributed by atoms with Crippen LogP contribution in [0.3, 0.4) is 0 Å². The second kappa shape index (κ2) is 2.93. The van der Waals surface area contributed by atoms with Gasteiger partial charge in [0.2, 0.25) is 0 Å². The molecule has 0 unspecified atom stereocenters. The van der Waals surface area contributed by atoms with E-state index in [1.165, 1.54) is 0 Å². The van der Waals surface area contributed by atoms with E-state index in [9.17, 15) is 17.3 Å². The van der Waals surface area contributed by atoms with Crippen LogP contribution < -0.4 is 5.46 Å². The summed E-state index contributed by atoms with van der Waals surface area (Å²) in [4.78, 5) is 3.13. The lowest BCUT2D eigenvalue weighted by molar-refractivity contribution is 0.493. The molecule has 0 aliphatic heterocycles. The molecule has 7 heteroatoms. The highest BCUT2D eigenvalue weighted by Gasteiger charge is 2.29. The molecule has 0 radical (unpaired) electrons. The fraction of sp³-hybridized carbons (Fsp3) is 0. The van der Waals surface area contributed by atoms with E-state index >= 15 is 0 Å². The summed E-state index contributed by atoms with van der Waals surface area (Å²) in [6.45, 7) is -5.34. The molecule has 0 aliphatic rings. The van der Waals surface area contributed by atoms with E-state index in [4.69, 9.17) is 11.6 Å². The molecule has 0 aliphatic carbocycles. The zero-order valence-corrected chi connectivity index (χ0v) is 6.33. The molecule has 66 valence electrons. The van der Waals surface area contributed by atoms with Gasteiger partial charge < -0.3 is 12.9 Å². The summed E-state index contributed by atoms with van der Waals surface area (Å²) in [5, 5.41) is -0.295. The quantitative estimate of drug-likeness (QED) is 0.382. The number of pyridine rings is 1. The number of halogens is 5. The van der Waals surface area contributed by atoms with Crippen LogP contribution in [0.25, 0.3) is 0 Å². The summed E-state index contributed by atoms with van der Waals surface area (Å²) in [6.07, 6.45) is 0.387. The van der Waals surface area contributed by atoms with Crippen molar-refractivity contribution in [2.45, 2.75) is 0 Å². The van der Waals surface area contributed by atoms with Crippen LogP contribution in [-0.2, 0) is 0 Å². The molecular weight excluding hydrogens is 196 g/mol. The van der Waals surface area contributed by atoms with E-state index in [0.29, 0.717) is 12.3 Å². The van der Waals surface area contributed by atoms with Gasteiger partial charge in [0, 0.05) is 12.3 Å². The Kier molecular flexibility index (Phi) is 2.28. The second-order valence-corrected chi connectivity index (χ2v) is 2.49. The molecule has 0 fully saturated rings. The van der Waals surface area contributed by atoms with Gasteiger partial charge in [-0.1, -0.05) is 17.1 Å². The van der Waals surface area contributed by atoms with Crippen molar-refractivity contribution in [2.75, 3.05) is 0 Å². The van der Waals surface area contributed by atoms with Gasteiger partial charge in [-0.25, -0.2) is 9.37 Å².